The molecular formula is C7H14. The number of allylic oxidation sites excluding steroid dienone is 3. The molecule has 0 bridgehead atoms. The highest BCUT2D eigenvalue weighted by molar-refractivity contribution is 4.85. The topological polar surface area (TPSA) is 0 Å². The molecule has 0 aromatic carbocycles. The molecule has 42 valence electrons. The van der Waals surface area contributed by atoms with Gasteiger partial charge in [0.2, 0.25) is 0 Å². The maximum atomic E-state index is 3.55. The summed E-state index contributed by atoms with van der Waals surface area (Å²) < 4.78 is 0. The summed E-state index contributed by atoms with van der Waals surface area (Å²) in [7, 11) is 0. The molecule has 0 aromatic heterocycles. The highest BCUT2D eigenvalue weighted by Gasteiger charge is 1.57. The predicted molar refractivity (Wildman–Crippen MR) is 36.4 cm³/mol. The van der Waals surface area contributed by atoms with Gasteiger partial charge in [0, 0.05) is 0 Å². The van der Waals surface area contributed by atoms with Crippen molar-refractivity contribution in [3.8, 4) is 0 Å². The molecule has 7 heavy (non-hydrogen) atoms. The van der Waals surface area contributed by atoms with Crippen molar-refractivity contribution in [3.05, 3.63) is 24.8 Å². The van der Waals surface area contributed by atoms with Gasteiger partial charge in [-0.1, -0.05) is 25.7 Å². The van der Waals surface area contributed by atoms with E-state index >= 15 is 0 Å². The minimum atomic E-state index is 0. The first kappa shape index (κ1) is 9.70. The molecule has 0 fully saturated rings. The van der Waals surface area contributed by atoms with E-state index in [1.54, 1.807) is 0 Å². The molecule has 0 aliphatic heterocycles. The molecule has 0 heterocycles. The Morgan fingerprint density at radius 1 is 1.57 bits per heavy atom. The van der Waals surface area contributed by atoms with E-state index in [4.69, 9.17) is 0 Å². The van der Waals surface area contributed by atoms with E-state index in [1.807, 2.05) is 19.1 Å². The van der Waals surface area contributed by atoms with Crippen molar-refractivity contribution in [1.29, 1.82) is 0 Å². The van der Waals surface area contributed by atoms with Gasteiger partial charge in [-0.15, -0.1) is 6.58 Å². The van der Waals surface area contributed by atoms with Crippen LogP contribution in [0.25, 0.3) is 0 Å². The van der Waals surface area contributed by atoms with E-state index in [9.17, 15) is 0 Å². The third kappa shape index (κ3) is 10.8. The molecule has 0 aliphatic rings. The summed E-state index contributed by atoms with van der Waals surface area (Å²) >= 11 is 0. The van der Waals surface area contributed by atoms with Gasteiger partial charge in [-0.05, 0) is 13.3 Å². The van der Waals surface area contributed by atoms with E-state index in [-0.39, 0.29) is 7.43 Å². The van der Waals surface area contributed by atoms with Gasteiger partial charge in [-0.3, -0.25) is 0 Å². The molecule has 0 unspecified atom stereocenters. The second kappa shape index (κ2) is 9.08. The molecular weight excluding hydrogens is 84.1 g/mol. The van der Waals surface area contributed by atoms with E-state index in [2.05, 4.69) is 12.7 Å². The summed E-state index contributed by atoms with van der Waals surface area (Å²) in [6.45, 7) is 5.55. The highest BCUT2D eigenvalue weighted by Crippen LogP contribution is 1.78. The molecule has 0 N–H and O–H groups in total. The molecule has 0 heteroatoms. The van der Waals surface area contributed by atoms with Crippen molar-refractivity contribution in [1.82, 2.24) is 0 Å². The van der Waals surface area contributed by atoms with Crippen LogP contribution in [0, 0.1) is 0 Å². The molecule has 0 saturated heterocycles. The third-order valence-corrected chi connectivity index (χ3v) is 0.538. The van der Waals surface area contributed by atoms with Crippen molar-refractivity contribution in [3.63, 3.8) is 0 Å². The van der Waals surface area contributed by atoms with Crippen LogP contribution in [0.5, 0.6) is 0 Å². The molecule has 0 spiro atoms. The van der Waals surface area contributed by atoms with Crippen molar-refractivity contribution < 1.29 is 0 Å². The lowest BCUT2D eigenvalue weighted by Crippen LogP contribution is -1.48. The van der Waals surface area contributed by atoms with Gasteiger partial charge < -0.3 is 0 Å². The lowest BCUT2D eigenvalue weighted by atomic mass is 10.4. The zero-order valence-corrected chi connectivity index (χ0v) is 4.15. The first-order valence-electron chi connectivity index (χ1n) is 2.14. The molecule has 0 radical (unpaired) electrons. The zero-order chi connectivity index (χ0) is 4.83. The van der Waals surface area contributed by atoms with E-state index in [1.165, 1.54) is 0 Å². The van der Waals surface area contributed by atoms with Crippen LogP contribution in [-0.2, 0) is 0 Å². The fourth-order valence-electron chi connectivity index (χ4n) is 0.232. The normalized spacial score (nSPS) is 8.14. The molecule has 0 atom stereocenters. The van der Waals surface area contributed by atoms with Crippen LogP contribution in [0.1, 0.15) is 20.8 Å². The quantitative estimate of drug-likeness (QED) is 0.466. The third-order valence-electron chi connectivity index (χ3n) is 0.538. The summed E-state index contributed by atoms with van der Waals surface area (Å²) in [6, 6.07) is 0. The van der Waals surface area contributed by atoms with Gasteiger partial charge in [0.1, 0.15) is 0 Å². The monoisotopic (exact) mass is 98.1 g/mol. The minimum absolute atomic E-state index is 0. The van der Waals surface area contributed by atoms with Gasteiger partial charge in [-0.25, -0.2) is 0 Å². The number of hydrogen-bond donors (Lipinski definition) is 0. The Morgan fingerprint density at radius 3 is 2.29 bits per heavy atom. The summed E-state index contributed by atoms with van der Waals surface area (Å²) in [6.07, 6.45) is 6.95. The van der Waals surface area contributed by atoms with E-state index in [0.717, 1.165) is 6.42 Å². The number of hydrogen-bond acceptors (Lipinski definition) is 0. The summed E-state index contributed by atoms with van der Waals surface area (Å²) in [4.78, 5) is 0. The fraction of sp³-hybridized carbons (Fsp3) is 0.429. The summed E-state index contributed by atoms with van der Waals surface area (Å²) in [5, 5.41) is 0. The largest absolute Gasteiger partial charge is 0.103 e. The van der Waals surface area contributed by atoms with E-state index < -0.39 is 0 Å². The van der Waals surface area contributed by atoms with Gasteiger partial charge in [0.25, 0.3) is 0 Å². The lowest BCUT2D eigenvalue weighted by Gasteiger charge is -1.69. The first-order chi connectivity index (χ1) is 2.91. The maximum Gasteiger partial charge on any atom is -0.0172 e. The van der Waals surface area contributed by atoms with Gasteiger partial charge in [0.15, 0.2) is 0 Å². The highest BCUT2D eigenvalue weighted by atomic mass is 13.6. The van der Waals surface area contributed by atoms with Crippen LogP contribution in [0.15, 0.2) is 24.8 Å². The summed E-state index contributed by atoms with van der Waals surface area (Å²) in [5.74, 6) is 0. The standard InChI is InChI=1S/C6H10.CH4/c1-3-5-6-4-2;/h3-4,6H,1,5H2,2H3;1H4. The van der Waals surface area contributed by atoms with Crippen molar-refractivity contribution in [2.45, 2.75) is 20.8 Å². The van der Waals surface area contributed by atoms with Crippen LogP contribution in [0.2, 0.25) is 0 Å². The maximum absolute atomic E-state index is 3.55. The molecule has 0 aromatic rings. The lowest BCUT2D eigenvalue weighted by molar-refractivity contribution is 1.39. The Morgan fingerprint density at radius 2 is 2.14 bits per heavy atom. The van der Waals surface area contributed by atoms with Crippen LogP contribution in [-0.4, -0.2) is 0 Å². The average molecular weight is 98.2 g/mol. The Kier molecular flexibility index (Phi) is 12.6. The van der Waals surface area contributed by atoms with Crippen LogP contribution in [0.4, 0.5) is 0 Å². The predicted octanol–water partition coefficient (Wildman–Crippen LogP) is 2.77. The Balaban J connectivity index is 0. The first-order valence-corrected chi connectivity index (χ1v) is 2.14. The van der Waals surface area contributed by atoms with Gasteiger partial charge >= 0.3 is 0 Å². The Hall–Kier alpha value is -0.520. The Labute approximate surface area is 46.6 Å². The Bertz CT molecular complexity index is 51.1. The van der Waals surface area contributed by atoms with E-state index in [0.29, 0.717) is 0 Å². The molecule has 0 amide bonds. The summed E-state index contributed by atoms with van der Waals surface area (Å²) in [5.41, 5.74) is 0. The average Bonchev–Trinajstić information content (AvgIpc) is 1.61. The van der Waals surface area contributed by atoms with Crippen molar-refractivity contribution in [2.75, 3.05) is 0 Å². The SMILES string of the molecule is C.C=CCC=CC. The van der Waals surface area contributed by atoms with Crippen LogP contribution in [0.3, 0.4) is 0 Å². The van der Waals surface area contributed by atoms with Crippen LogP contribution < -0.4 is 0 Å². The van der Waals surface area contributed by atoms with Crippen molar-refractivity contribution in [2.24, 2.45) is 0 Å². The van der Waals surface area contributed by atoms with Crippen molar-refractivity contribution >= 4 is 0 Å². The second-order valence-electron chi connectivity index (χ2n) is 1.09. The minimum Gasteiger partial charge on any atom is -0.103 e. The van der Waals surface area contributed by atoms with Gasteiger partial charge in [0.05, 0.1) is 0 Å². The fourth-order valence-corrected chi connectivity index (χ4v) is 0.232. The van der Waals surface area contributed by atoms with Crippen LogP contribution >= 0.6 is 0 Å². The smallest absolute Gasteiger partial charge is 0.0172 e. The molecule has 0 nitrogen and oxygen atoms in total. The molecule has 0 rings (SSSR count). The molecule has 0 aliphatic carbocycles. The van der Waals surface area contributed by atoms with Gasteiger partial charge in [-0.2, -0.15) is 0 Å². The zero-order valence-electron chi connectivity index (χ0n) is 4.15. The second-order valence-corrected chi connectivity index (χ2v) is 1.09. The molecule has 0 saturated carbocycles. The number of rotatable bonds is 2.